The van der Waals surface area contributed by atoms with Crippen LogP contribution in [0.2, 0.25) is 0 Å². The number of benzene rings is 1. The zero-order chi connectivity index (χ0) is 17.0. The fraction of sp³-hybridized carbons (Fsp3) is 0.214. The number of rotatable bonds is 4. The maximum absolute atomic E-state index is 13.4. The molecule has 0 bridgehead atoms. The van der Waals surface area contributed by atoms with Gasteiger partial charge in [0.05, 0.1) is 11.4 Å². The number of hydrogen-bond acceptors (Lipinski definition) is 4. The average Bonchev–Trinajstić information content (AvgIpc) is 2.46. The van der Waals surface area contributed by atoms with E-state index in [1.54, 1.807) is 6.07 Å². The molecule has 0 aliphatic heterocycles. The van der Waals surface area contributed by atoms with Crippen LogP contribution in [0.5, 0.6) is 0 Å². The predicted molar refractivity (Wildman–Crippen MR) is 77.5 cm³/mol. The van der Waals surface area contributed by atoms with Gasteiger partial charge < -0.3 is 5.32 Å². The van der Waals surface area contributed by atoms with Crippen LogP contribution in [0.4, 0.5) is 23.2 Å². The van der Waals surface area contributed by atoms with Gasteiger partial charge in [-0.15, -0.1) is 0 Å². The Morgan fingerprint density at radius 3 is 2.61 bits per heavy atom. The number of aryl methyl sites for hydroxylation is 1. The Kier molecular flexibility index (Phi) is 5.19. The molecular weight excluding hydrogens is 334 g/mol. The lowest BCUT2D eigenvalue weighted by atomic mass is 10.3. The molecule has 0 spiro atoms. The van der Waals surface area contributed by atoms with Gasteiger partial charge in [-0.25, -0.2) is 14.4 Å². The number of halogens is 4. The van der Waals surface area contributed by atoms with Crippen LogP contribution in [0.1, 0.15) is 11.4 Å². The van der Waals surface area contributed by atoms with E-state index in [2.05, 4.69) is 15.3 Å². The molecule has 0 unspecified atom stereocenters. The molecule has 2 rings (SSSR count). The maximum atomic E-state index is 13.4. The van der Waals surface area contributed by atoms with E-state index in [9.17, 15) is 22.4 Å². The minimum atomic E-state index is -4.58. The number of aromatic nitrogens is 2. The largest absolute Gasteiger partial charge is 0.433 e. The summed E-state index contributed by atoms with van der Waals surface area (Å²) in [6, 6.07) is 6.40. The molecule has 1 aromatic heterocycles. The van der Waals surface area contributed by atoms with Gasteiger partial charge in [0, 0.05) is 5.69 Å². The highest BCUT2D eigenvalue weighted by atomic mass is 32.2. The summed E-state index contributed by atoms with van der Waals surface area (Å²) in [6.07, 6.45) is -4.58. The van der Waals surface area contributed by atoms with Crippen LogP contribution in [-0.4, -0.2) is 21.6 Å². The van der Waals surface area contributed by atoms with Crippen LogP contribution < -0.4 is 5.32 Å². The number of carbonyl (C=O) groups excluding carboxylic acids is 1. The minimum absolute atomic E-state index is 0.000703. The molecule has 23 heavy (non-hydrogen) atoms. The van der Waals surface area contributed by atoms with E-state index >= 15 is 0 Å². The molecule has 1 aromatic carbocycles. The van der Waals surface area contributed by atoms with E-state index in [4.69, 9.17) is 0 Å². The lowest BCUT2D eigenvalue weighted by Crippen LogP contribution is -2.16. The molecule has 9 heteroatoms. The first-order valence-corrected chi connectivity index (χ1v) is 7.34. The zero-order valence-corrected chi connectivity index (χ0v) is 12.6. The Bertz CT molecular complexity index is 721. The summed E-state index contributed by atoms with van der Waals surface area (Å²) in [5, 5.41) is 2.16. The SMILES string of the molecule is Cc1cc(C(F)(F)F)nc(SCC(=O)Nc2ccccc2F)n1. The summed E-state index contributed by atoms with van der Waals surface area (Å²) in [5.41, 5.74) is -0.925. The van der Waals surface area contributed by atoms with Gasteiger partial charge in [0.25, 0.3) is 0 Å². The lowest BCUT2D eigenvalue weighted by molar-refractivity contribution is -0.141. The van der Waals surface area contributed by atoms with Crippen molar-refractivity contribution in [1.82, 2.24) is 9.97 Å². The molecule has 4 nitrogen and oxygen atoms in total. The van der Waals surface area contributed by atoms with Crippen molar-refractivity contribution < 1.29 is 22.4 Å². The molecule has 0 aliphatic carbocycles. The molecule has 122 valence electrons. The number of alkyl halides is 3. The fourth-order valence-corrected chi connectivity index (χ4v) is 2.33. The quantitative estimate of drug-likeness (QED) is 0.522. The van der Waals surface area contributed by atoms with Crippen molar-refractivity contribution in [3.8, 4) is 0 Å². The van der Waals surface area contributed by atoms with E-state index in [-0.39, 0.29) is 22.3 Å². The summed E-state index contributed by atoms with van der Waals surface area (Å²) >= 11 is 0.741. The first-order valence-electron chi connectivity index (χ1n) is 6.36. The van der Waals surface area contributed by atoms with Crippen LogP contribution in [0.15, 0.2) is 35.5 Å². The second-order valence-electron chi connectivity index (χ2n) is 4.49. The van der Waals surface area contributed by atoms with Crippen molar-refractivity contribution in [2.45, 2.75) is 18.3 Å². The van der Waals surface area contributed by atoms with Gasteiger partial charge in [0.1, 0.15) is 11.5 Å². The molecular formula is C14H11F4N3OS. The normalized spacial score (nSPS) is 11.3. The number of thioether (sulfide) groups is 1. The Labute approximate surface area is 133 Å². The van der Waals surface area contributed by atoms with Crippen LogP contribution in [-0.2, 0) is 11.0 Å². The smallest absolute Gasteiger partial charge is 0.323 e. The minimum Gasteiger partial charge on any atom is -0.323 e. The Morgan fingerprint density at radius 2 is 1.96 bits per heavy atom. The van der Waals surface area contributed by atoms with E-state index in [1.807, 2.05) is 0 Å². The number of amides is 1. The van der Waals surface area contributed by atoms with Crippen LogP contribution in [0.3, 0.4) is 0 Å². The van der Waals surface area contributed by atoms with Crippen molar-refractivity contribution in [2.24, 2.45) is 0 Å². The van der Waals surface area contributed by atoms with Gasteiger partial charge in [-0.1, -0.05) is 23.9 Å². The predicted octanol–water partition coefficient (Wildman–Crippen LogP) is 3.67. The third-order valence-corrected chi connectivity index (χ3v) is 3.45. The molecule has 0 saturated carbocycles. The highest BCUT2D eigenvalue weighted by molar-refractivity contribution is 7.99. The second kappa shape index (κ2) is 6.95. The summed E-state index contributed by atoms with van der Waals surface area (Å²) in [5.74, 6) is -1.41. The molecule has 0 atom stereocenters. The van der Waals surface area contributed by atoms with Gasteiger partial charge in [0.2, 0.25) is 5.91 Å². The highest BCUT2D eigenvalue weighted by Crippen LogP contribution is 2.29. The highest BCUT2D eigenvalue weighted by Gasteiger charge is 2.33. The van der Waals surface area contributed by atoms with Crippen molar-refractivity contribution in [3.63, 3.8) is 0 Å². The molecule has 0 saturated heterocycles. The van der Waals surface area contributed by atoms with E-state index in [0.29, 0.717) is 0 Å². The first kappa shape index (κ1) is 17.2. The number of carbonyl (C=O) groups is 1. The van der Waals surface area contributed by atoms with Gasteiger partial charge in [-0.05, 0) is 25.1 Å². The van der Waals surface area contributed by atoms with Gasteiger partial charge in [-0.2, -0.15) is 13.2 Å². The van der Waals surface area contributed by atoms with Crippen LogP contribution in [0, 0.1) is 12.7 Å². The van der Waals surface area contributed by atoms with Crippen molar-refractivity contribution in [2.75, 3.05) is 11.1 Å². The lowest BCUT2D eigenvalue weighted by Gasteiger charge is -2.09. The Morgan fingerprint density at radius 1 is 1.26 bits per heavy atom. The fourth-order valence-electron chi connectivity index (χ4n) is 1.63. The van der Waals surface area contributed by atoms with Crippen molar-refractivity contribution in [3.05, 3.63) is 47.5 Å². The third-order valence-electron chi connectivity index (χ3n) is 2.60. The molecule has 2 aromatic rings. The number of nitrogens with one attached hydrogen (secondary N) is 1. The average molecular weight is 345 g/mol. The Hall–Kier alpha value is -2.16. The summed E-state index contributed by atoms with van der Waals surface area (Å²) in [7, 11) is 0. The second-order valence-corrected chi connectivity index (χ2v) is 5.43. The standard InChI is InChI=1S/C14H11F4N3OS/c1-8-6-11(14(16,17)18)21-13(19-8)23-7-12(22)20-10-5-3-2-4-9(10)15/h2-6H,7H2,1H3,(H,20,22). The molecule has 1 N–H and O–H groups in total. The van der Waals surface area contributed by atoms with Crippen LogP contribution in [0.25, 0.3) is 0 Å². The monoisotopic (exact) mass is 345 g/mol. The number of hydrogen-bond donors (Lipinski definition) is 1. The number of nitrogens with zero attached hydrogens (tertiary/aromatic N) is 2. The maximum Gasteiger partial charge on any atom is 0.433 e. The molecule has 0 radical (unpaired) electrons. The molecule has 0 fully saturated rings. The van der Waals surface area contributed by atoms with Gasteiger partial charge in [-0.3, -0.25) is 4.79 Å². The van der Waals surface area contributed by atoms with E-state index in [1.165, 1.54) is 25.1 Å². The summed E-state index contributed by atoms with van der Waals surface area (Å²) in [4.78, 5) is 18.9. The summed E-state index contributed by atoms with van der Waals surface area (Å²) < 4.78 is 51.4. The van der Waals surface area contributed by atoms with Crippen molar-refractivity contribution in [1.29, 1.82) is 0 Å². The molecule has 0 aliphatic rings. The first-order chi connectivity index (χ1) is 10.8. The number of para-hydroxylation sites is 1. The Balaban J connectivity index is 2.02. The van der Waals surface area contributed by atoms with Gasteiger partial charge >= 0.3 is 6.18 Å². The van der Waals surface area contributed by atoms with E-state index in [0.717, 1.165) is 17.8 Å². The van der Waals surface area contributed by atoms with Crippen LogP contribution >= 0.6 is 11.8 Å². The molecule has 1 heterocycles. The van der Waals surface area contributed by atoms with Gasteiger partial charge in [0.15, 0.2) is 5.16 Å². The molecule has 1 amide bonds. The summed E-state index contributed by atoms with van der Waals surface area (Å²) in [6.45, 7) is 1.40. The zero-order valence-electron chi connectivity index (χ0n) is 11.8. The van der Waals surface area contributed by atoms with Crippen molar-refractivity contribution >= 4 is 23.4 Å². The number of anilines is 1. The third kappa shape index (κ3) is 4.92. The topological polar surface area (TPSA) is 54.9 Å². The van der Waals surface area contributed by atoms with E-state index < -0.39 is 23.6 Å².